The van der Waals surface area contributed by atoms with Gasteiger partial charge in [-0.1, -0.05) is 87.5 Å². The minimum absolute atomic E-state index is 0.0151. The van der Waals surface area contributed by atoms with Gasteiger partial charge in [0.25, 0.3) is 0 Å². The standard InChI is InChI=1S/C42H49N7O7/c1-25(2)35(46-41-53-23-54-41)39(51)49-22-26(3)20-34(49)38(50)44-31-17-15-28(16-18-31)27-11-13-29(14-12-27)32-21-43-37(45-32)33-10-7-19-48(33)40(52)36(47-42-55-24-56-42)30-8-5-4-6-9-30/h4-6,8-9,11-18,21,25-26,33-36,41-42,46-47H,7,10,19-20,22-24H2,1-3H3,(H,43,45)(H,44,50)/t26?,33-,34-,35-,36+/m0/s1. The van der Waals surface area contributed by atoms with Crippen molar-refractivity contribution in [3.8, 4) is 22.4 Å². The fraction of sp³-hybridized carbons (Fsp3) is 0.429. The zero-order valence-corrected chi connectivity index (χ0v) is 31.9. The van der Waals surface area contributed by atoms with Gasteiger partial charge in [-0.25, -0.2) is 4.98 Å². The molecule has 4 fully saturated rings. The molecule has 4 aromatic rings. The van der Waals surface area contributed by atoms with E-state index in [0.717, 1.165) is 46.6 Å². The molecule has 14 heteroatoms. The van der Waals surface area contributed by atoms with E-state index < -0.39 is 31.0 Å². The van der Waals surface area contributed by atoms with Gasteiger partial charge < -0.3 is 39.0 Å². The van der Waals surface area contributed by atoms with Crippen LogP contribution in [0.3, 0.4) is 0 Å². The van der Waals surface area contributed by atoms with Gasteiger partial charge >= 0.3 is 0 Å². The van der Waals surface area contributed by atoms with E-state index in [9.17, 15) is 14.4 Å². The number of likely N-dealkylation sites (tertiary alicyclic amines) is 2. The first-order valence-corrected chi connectivity index (χ1v) is 19.4. The fourth-order valence-electron chi connectivity index (χ4n) is 7.91. The van der Waals surface area contributed by atoms with E-state index in [1.54, 1.807) is 4.90 Å². The van der Waals surface area contributed by atoms with E-state index >= 15 is 0 Å². The highest BCUT2D eigenvalue weighted by atomic mass is 16.9. The molecule has 0 aliphatic carbocycles. The van der Waals surface area contributed by atoms with Crippen molar-refractivity contribution in [2.45, 2.75) is 77.0 Å². The summed E-state index contributed by atoms with van der Waals surface area (Å²) in [5.74, 6) is 0.562. The summed E-state index contributed by atoms with van der Waals surface area (Å²) in [5.41, 5.74) is 5.27. The molecule has 1 aromatic heterocycles. The number of hydrogen-bond donors (Lipinski definition) is 4. The van der Waals surface area contributed by atoms with Crippen LogP contribution in [0.1, 0.15) is 63.5 Å². The SMILES string of the molecule is CC1C[C@@H](C(=O)Nc2ccc(-c3ccc(-c4c[nH]c([C@@H]5CCCN5C(=O)[C@H](NC5OCO5)c5ccccc5)n4)cc3)cc2)N(C(=O)[C@@H](NC2OCO2)C(C)C)C1. The molecule has 56 heavy (non-hydrogen) atoms. The number of carbonyl (C=O) groups excluding carboxylic acids is 3. The van der Waals surface area contributed by atoms with Crippen molar-refractivity contribution in [2.24, 2.45) is 11.8 Å². The molecule has 1 unspecified atom stereocenters. The first-order valence-electron chi connectivity index (χ1n) is 19.4. The minimum atomic E-state index is -0.618. The van der Waals surface area contributed by atoms with Crippen LogP contribution < -0.4 is 16.0 Å². The molecule has 4 saturated heterocycles. The molecule has 5 heterocycles. The summed E-state index contributed by atoms with van der Waals surface area (Å²) in [5, 5.41) is 9.37. The summed E-state index contributed by atoms with van der Waals surface area (Å²) in [6.45, 7) is 7.54. The Labute approximate surface area is 326 Å². The number of amides is 3. The van der Waals surface area contributed by atoms with Crippen LogP contribution in [0, 0.1) is 11.8 Å². The number of benzene rings is 3. The highest BCUT2D eigenvalue weighted by molar-refractivity contribution is 5.98. The van der Waals surface area contributed by atoms with Crippen LogP contribution in [0.25, 0.3) is 22.4 Å². The lowest BCUT2D eigenvalue weighted by atomic mass is 10.0. The zero-order valence-electron chi connectivity index (χ0n) is 31.9. The molecule has 0 spiro atoms. The lowest BCUT2D eigenvalue weighted by Crippen LogP contribution is -2.58. The second kappa shape index (κ2) is 16.6. The van der Waals surface area contributed by atoms with E-state index in [1.807, 2.05) is 104 Å². The van der Waals surface area contributed by atoms with Crippen molar-refractivity contribution < 1.29 is 33.3 Å². The monoisotopic (exact) mass is 763 g/mol. The van der Waals surface area contributed by atoms with Gasteiger partial charge in [0.15, 0.2) is 13.6 Å². The largest absolute Gasteiger partial charge is 0.346 e. The van der Waals surface area contributed by atoms with Gasteiger partial charge in [0.2, 0.25) is 30.5 Å². The molecular weight excluding hydrogens is 715 g/mol. The molecule has 5 atom stereocenters. The molecule has 0 radical (unpaired) electrons. The molecule has 294 valence electrons. The Morgan fingerprint density at radius 2 is 1.45 bits per heavy atom. The quantitative estimate of drug-likeness (QED) is 0.144. The van der Waals surface area contributed by atoms with Crippen LogP contribution in [0.2, 0.25) is 0 Å². The molecule has 3 amide bonds. The van der Waals surface area contributed by atoms with Gasteiger partial charge in [0.1, 0.15) is 17.9 Å². The third-order valence-corrected chi connectivity index (χ3v) is 11.0. The van der Waals surface area contributed by atoms with Crippen LogP contribution in [0.15, 0.2) is 85.1 Å². The molecule has 0 bridgehead atoms. The predicted molar refractivity (Wildman–Crippen MR) is 207 cm³/mol. The first kappa shape index (κ1) is 37.9. The summed E-state index contributed by atoms with van der Waals surface area (Å²) < 4.78 is 21.5. The van der Waals surface area contributed by atoms with Crippen molar-refractivity contribution in [2.75, 3.05) is 32.0 Å². The molecule has 4 aliphatic rings. The number of anilines is 1. The molecular formula is C42H49N7O7. The lowest BCUT2D eigenvalue weighted by molar-refractivity contribution is -0.335. The number of ether oxygens (including phenoxy) is 4. The Morgan fingerprint density at radius 3 is 2.09 bits per heavy atom. The van der Waals surface area contributed by atoms with E-state index in [-0.39, 0.29) is 49.2 Å². The maximum Gasteiger partial charge on any atom is 0.247 e. The number of H-pyrrole nitrogens is 1. The molecule has 3 aromatic carbocycles. The number of aromatic amines is 1. The third kappa shape index (κ3) is 8.12. The Bertz CT molecular complexity index is 1980. The topological polar surface area (TPSA) is 159 Å². The Balaban J connectivity index is 0.897. The van der Waals surface area contributed by atoms with Gasteiger partial charge in [-0.05, 0) is 59.9 Å². The second-order valence-electron chi connectivity index (χ2n) is 15.3. The summed E-state index contributed by atoms with van der Waals surface area (Å²) in [7, 11) is 0. The normalized spacial score (nSPS) is 22.5. The highest BCUT2D eigenvalue weighted by Crippen LogP contribution is 2.35. The number of hydrogen-bond acceptors (Lipinski definition) is 10. The predicted octanol–water partition coefficient (Wildman–Crippen LogP) is 5.10. The third-order valence-electron chi connectivity index (χ3n) is 11.0. The Hall–Kier alpha value is -4.96. The number of aromatic nitrogens is 2. The Morgan fingerprint density at radius 1 is 0.804 bits per heavy atom. The molecule has 8 rings (SSSR count). The van der Waals surface area contributed by atoms with Crippen LogP contribution >= 0.6 is 0 Å². The fourth-order valence-corrected chi connectivity index (χ4v) is 7.91. The van der Waals surface area contributed by atoms with Crippen molar-refractivity contribution >= 4 is 23.4 Å². The zero-order chi connectivity index (χ0) is 38.8. The van der Waals surface area contributed by atoms with E-state index in [2.05, 4.69) is 27.9 Å². The van der Waals surface area contributed by atoms with Crippen LogP contribution in [0.5, 0.6) is 0 Å². The summed E-state index contributed by atoms with van der Waals surface area (Å²) in [4.78, 5) is 53.1. The van der Waals surface area contributed by atoms with Gasteiger partial charge in [-0.15, -0.1) is 0 Å². The maximum absolute atomic E-state index is 14.0. The minimum Gasteiger partial charge on any atom is -0.346 e. The van der Waals surface area contributed by atoms with Crippen LogP contribution in [-0.2, 0) is 33.3 Å². The first-order chi connectivity index (χ1) is 27.2. The highest BCUT2D eigenvalue weighted by Gasteiger charge is 2.42. The van der Waals surface area contributed by atoms with Gasteiger partial charge in [0, 0.05) is 30.5 Å². The van der Waals surface area contributed by atoms with Crippen LogP contribution in [-0.4, -0.2) is 89.1 Å². The number of imidazole rings is 1. The second-order valence-corrected chi connectivity index (χ2v) is 15.3. The average molecular weight is 764 g/mol. The maximum atomic E-state index is 14.0. The summed E-state index contributed by atoms with van der Waals surface area (Å²) in [6, 6.07) is 23.6. The molecule has 14 nitrogen and oxygen atoms in total. The summed E-state index contributed by atoms with van der Waals surface area (Å²) >= 11 is 0. The number of carbonyl (C=O) groups is 3. The number of nitrogens with one attached hydrogen (secondary N) is 4. The summed E-state index contributed by atoms with van der Waals surface area (Å²) in [6.07, 6.45) is 2.95. The molecule has 4 aliphatic heterocycles. The smallest absolute Gasteiger partial charge is 0.247 e. The van der Waals surface area contributed by atoms with Gasteiger partial charge in [-0.2, -0.15) is 0 Å². The average Bonchev–Trinajstić information content (AvgIpc) is 3.95. The van der Waals surface area contributed by atoms with Crippen molar-refractivity contribution in [1.29, 1.82) is 0 Å². The van der Waals surface area contributed by atoms with Crippen molar-refractivity contribution in [3.63, 3.8) is 0 Å². The van der Waals surface area contributed by atoms with Crippen molar-refractivity contribution in [3.05, 3.63) is 96.4 Å². The van der Waals surface area contributed by atoms with E-state index in [1.165, 1.54) is 0 Å². The molecule has 4 N–H and O–H groups in total. The van der Waals surface area contributed by atoms with Crippen LogP contribution in [0.4, 0.5) is 5.69 Å². The lowest BCUT2D eigenvalue weighted by Gasteiger charge is -2.35. The Kier molecular flexibility index (Phi) is 11.3. The molecule has 0 saturated carbocycles. The van der Waals surface area contributed by atoms with Gasteiger partial charge in [0.05, 0.1) is 17.8 Å². The van der Waals surface area contributed by atoms with E-state index in [4.69, 9.17) is 23.9 Å². The number of rotatable bonds is 13. The number of nitrogens with zero attached hydrogens (tertiary/aromatic N) is 3. The van der Waals surface area contributed by atoms with Gasteiger partial charge in [-0.3, -0.25) is 25.0 Å². The van der Waals surface area contributed by atoms with E-state index in [0.29, 0.717) is 25.2 Å². The van der Waals surface area contributed by atoms with Crippen molar-refractivity contribution in [1.82, 2.24) is 30.4 Å².